The molecule has 0 aromatic carbocycles. The fourth-order valence-corrected chi connectivity index (χ4v) is 4.60. The molecule has 1 aliphatic heterocycles. The molecule has 2 fully saturated rings. The highest BCUT2D eigenvalue weighted by Crippen LogP contribution is 2.26. The number of anilines is 2. The summed E-state index contributed by atoms with van der Waals surface area (Å²) in [5.41, 5.74) is 0. The lowest BCUT2D eigenvalue weighted by atomic mass is 10.1. The van der Waals surface area contributed by atoms with Crippen molar-refractivity contribution >= 4 is 22.5 Å². The lowest BCUT2D eigenvalue weighted by Crippen LogP contribution is -2.31. The van der Waals surface area contributed by atoms with Crippen LogP contribution in [0.2, 0.25) is 0 Å². The molecule has 27 heavy (non-hydrogen) atoms. The maximum Gasteiger partial charge on any atom is 0.234 e. The van der Waals surface area contributed by atoms with Crippen molar-refractivity contribution in [3.05, 3.63) is 18.2 Å². The van der Waals surface area contributed by atoms with Gasteiger partial charge >= 0.3 is 0 Å². The summed E-state index contributed by atoms with van der Waals surface area (Å²) in [6.45, 7) is 6.66. The second kappa shape index (κ2) is 8.82. The third kappa shape index (κ3) is 4.66. The maximum atomic E-state index is 5.93. The average molecular weight is 389 g/mol. The topological polar surface area (TPSA) is 67.3 Å². The average Bonchev–Trinajstić information content (AvgIpc) is 3.34. The molecule has 3 heterocycles. The van der Waals surface area contributed by atoms with Crippen LogP contribution in [-0.2, 0) is 6.42 Å². The molecule has 1 saturated heterocycles. The second-order valence-electron chi connectivity index (χ2n) is 7.35. The van der Waals surface area contributed by atoms with E-state index in [2.05, 4.69) is 31.1 Å². The van der Waals surface area contributed by atoms with Crippen LogP contribution in [0.4, 0.5) is 10.9 Å². The zero-order valence-electron chi connectivity index (χ0n) is 16.0. The van der Waals surface area contributed by atoms with E-state index in [0.29, 0.717) is 11.8 Å². The van der Waals surface area contributed by atoms with Crippen molar-refractivity contribution < 1.29 is 4.74 Å². The number of hydrogen-bond donors (Lipinski definition) is 0. The Morgan fingerprint density at radius 3 is 2.67 bits per heavy atom. The van der Waals surface area contributed by atoms with Crippen LogP contribution < -0.4 is 14.5 Å². The molecule has 0 spiro atoms. The Bertz CT molecular complexity index is 732. The molecule has 2 aromatic heterocycles. The van der Waals surface area contributed by atoms with Crippen molar-refractivity contribution in [1.82, 2.24) is 19.3 Å². The quantitative estimate of drug-likeness (QED) is 0.753. The number of hydrogen-bond acceptors (Lipinski definition) is 8. The number of rotatable bonds is 6. The lowest BCUT2D eigenvalue weighted by Gasteiger charge is -2.22. The van der Waals surface area contributed by atoms with E-state index >= 15 is 0 Å². The van der Waals surface area contributed by atoms with E-state index in [0.717, 1.165) is 62.4 Å². The normalized spacial score (nSPS) is 18.7. The fraction of sp³-hybridized carbons (Fsp3) is 0.684. The van der Waals surface area contributed by atoms with Crippen LogP contribution in [0.5, 0.6) is 5.88 Å². The molecule has 1 aliphatic carbocycles. The molecule has 0 N–H and O–H groups in total. The first kappa shape index (κ1) is 18.4. The molecule has 0 amide bonds. The number of nitrogens with zero attached hydrogens (tertiary/aromatic N) is 6. The molecule has 0 unspecified atom stereocenters. The van der Waals surface area contributed by atoms with Gasteiger partial charge in [-0.3, -0.25) is 4.98 Å². The number of aryl methyl sites for hydroxylation is 1. The first-order valence-electron chi connectivity index (χ1n) is 10.1. The van der Waals surface area contributed by atoms with Gasteiger partial charge in [0.2, 0.25) is 11.0 Å². The minimum absolute atomic E-state index is 0.650. The van der Waals surface area contributed by atoms with E-state index in [1.807, 2.05) is 6.20 Å². The number of ether oxygens (including phenoxy) is 1. The van der Waals surface area contributed by atoms with Crippen LogP contribution in [0, 0.1) is 5.92 Å². The first-order valence-corrected chi connectivity index (χ1v) is 10.9. The Morgan fingerprint density at radius 2 is 1.85 bits per heavy atom. The Balaban J connectivity index is 1.36. The van der Waals surface area contributed by atoms with Crippen LogP contribution in [0.1, 0.15) is 44.9 Å². The predicted molar refractivity (Wildman–Crippen MR) is 108 cm³/mol. The van der Waals surface area contributed by atoms with E-state index in [1.54, 1.807) is 6.20 Å². The van der Waals surface area contributed by atoms with Gasteiger partial charge in [-0.15, -0.1) is 0 Å². The first-order chi connectivity index (χ1) is 13.3. The molecule has 0 bridgehead atoms. The SMILES string of the molecule is CCc1nsc(N2CCCN(c3cncc(OCC4CCCC4)n3)CC2)n1. The van der Waals surface area contributed by atoms with E-state index in [4.69, 9.17) is 9.72 Å². The summed E-state index contributed by atoms with van der Waals surface area (Å²) in [6.07, 6.45) is 10.8. The Morgan fingerprint density at radius 1 is 1.04 bits per heavy atom. The highest BCUT2D eigenvalue weighted by Gasteiger charge is 2.20. The molecule has 0 atom stereocenters. The van der Waals surface area contributed by atoms with Crippen molar-refractivity contribution in [3.63, 3.8) is 0 Å². The lowest BCUT2D eigenvalue weighted by molar-refractivity contribution is 0.242. The predicted octanol–water partition coefficient (Wildman–Crippen LogP) is 3.18. The molecule has 2 aromatic rings. The van der Waals surface area contributed by atoms with Gasteiger partial charge in [0, 0.05) is 44.1 Å². The molecule has 7 nitrogen and oxygen atoms in total. The highest BCUT2D eigenvalue weighted by molar-refractivity contribution is 7.09. The maximum absolute atomic E-state index is 5.93. The van der Waals surface area contributed by atoms with E-state index in [-0.39, 0.29) is 0 Å². The number of aromatic nitrogens is 4. The van der Waals surface area contributed by atoms with Crippen molar-refractivity contribution in [2.24, 2.45) is 5.92 Å². The molecule has 1 saturated carbocycles. The zero-order valence-corrected chi connectivity index (χ0v) is 16.8. The molecule has 0 radical (unpaired) electrons. The largest absolute Gasteiger partial charge is 0.476 e. The van der Waals surface area contributed by atoms with Crippen molar-refractivity contribution in [3.8, 4) is 5.88 Å². The van der Waals surface area contributed by atoms with Crippen LogP contribution in [0.3, 0.4) is 0 Å². The second-order valence-corrected chi connectivity index (χ2v) is 8.08. The van der Waals surface area contributed by atoms with E-state index in [9.17, 15) is 0 Å². The molecular weight excluding hydrogens is 360 g/mol. The Kier molecular flexibility index (Phi) is 6.01. The zero-order chi connectivity index (χ0) is 18.5. The summed E-state index contributed by atoms with van der Waals surface area (Å²) in [7, 11) is 0. The third-order valence-corrected chi connectivity index (χ3v) is 6.22. The minimum atomic E-state index is 0.650. The summed E-state index contributed by atoms with van der Waals surface area (Å²) in [5, 5.41) is 1.04. The van der Waals surface area contributed by atoms with Gasteiger partial charge in [-0.25, -0.2) is 4.98 Å². The minimum Gasteiger partial charge on any atom is -0.476 e. The molecule has 8 heteroatoms. The summed E-state index contributed by atoms with van der Waals surface area (Å²) in [6, 6.07) is 0. The van der Waals surface area contributed by atoms with Gasteiger partial charge in [-0.2, -0.15) is 9.36 Å². The summed E-state index contributed by atoms with van der Waals surface area (Å²) in [5.74, 6) is 3.18. The standard InChI is InChI=1S/C19H28N6OS/c1-2-16-21-19(27-23-16)25-9-5-8-24(10-11-25)17-12-20-13-18(22-17)26-14-15-6-3-4-7-15/h12-13,15H,2-11,14H2,1H3. The van der Waals surface area contributed by atoms with Crippen LogP contribution in [0.25, 0.3) is 0 Å². The Hall–Kier alpha value is -1.96. The van der Waals surface area contributed by atoms with Gasteiger partial charge in [-0.1, -0.05) is 19.8 Å². The van der Waals surface area contributed by atoms with Crippen molar-refractivity contribution in [1.29, 1.82) is 0 Å². The van der Waals surface area contributed by atoms with Crippen LogP contribution in [-0.4, -0.2) is 52.1 Å². The molecular formula is C19H28N6OS. The smallest absolute Gasteiger partial charge is 0.234 e. The van der Waals surface area contributed by atoms with Gasteiger partial charge in [0.25, 0.3) is 0 Å². The van der Waals surface area contributed by atoms with Gasteiger partial charge in [0.1, 0.15) is 5.82 Å². The molecule has 146 valence electrons. The Labute approximate surface area is 165 Å². The monoisotopic (exact) mass is 388 g/mol. The fourth-order valence-electron chi connectivity index (χ4n) is 3.80. The van der Waals surface area contributed by atoms with Gasteiger partial charge in [0.05, 0.1) is 19.0 Å². The van der Waals surface area contributed by atoms with Gasteiger partial charge in [0.15, 0.2) is 5.82 Å². The summed E-state index contributed by atoms with van der Waals surface area (Å²) < 4.78 is 10.3. The molecule has 2 aliphatic rings. The highest BCUT2D eigenvalue weighted by atomic mass is 32.1. The van der Waals surface area contributed by atoms with Crippen molar-refractivity contribution in [2.75, 3.05) is 42.6 Å². The third-order valence-electron chi connectivity index (χ3n) is 5.41. The van der Waals surface area contributed by atoms with E-state index < -0.39 is 0 Å². The summed E-state index contributed by atoms with van der Waals surface area (Å²) >= 11 is 1.51. The summed E-state index contributed by atoms with van der Waals surface area (Å²) in [4.78, 5) is 18.4. The van der Waals surface area contributed by atoms with Crippen LogP contribution >= 0.6 is 11.5 Å². The molecule has 4 rings (SSSR count). The van der Waals surface area contributed by atoms with Gasteiger partial charge in [-0.05, 0) is 25.2 Å². The van der Waals surface area contributed by atoms with Gasteiger partial charge < -0.3 is 14.5 Å². The van der Waals surface area contributed by atoms with Crippen molar-refractivity contribution in [2.45, 2.75) is 45.4 Å². The van der Waals surface area contributed by atoms with Crippen LogP contribution in [0.15, 0.2) is 12.4 Å². The van der Waals surface area contributed by atoms with E-state index in [1.165, 1.54) is 37.2 Å².